The molecule has 0 saturated carbocycles. The van der Waals surface area contributed by atoms with E-state index in [1.807, 2.05) is 6.20 Å². The van der Waals surface area contributed by atoms with Crippen LogP contribution in [0.25, 0.3) is 22.0 Å². The molecule has 0 saturated heterocycles. The van der Waals surface area contributed by atoms with Crippen LogP contribution >= 0.6 is 0 Å². The lowest BCUT2D eigenvalue weighted by atomic mass is 9.85. The maximum absolute atomic E-state index is 4.63. The molecule has 1 heterocycles. The first-order valence-corrected chi connectivity index (χ1v) is 7.42. The summed E-state index contributed by atoms with van der Waals surface area (Å²) in [5.41, 5.74) is 5.12. The lowest BCUT2D eigenvalue weighted by Gasteiger charge is -2.20. The molecule has 0 N–H and O–H groups in total. The maximum atomic E-state index is 4.63. The summed E-state index contributed by atoms with van der Waals surface area (Å²) in [4.78, 5) is 4.63. The van der Waals surface area contributed by atoms with Crippen LogP contribution in [0.5, 0.6) is 0 Å². The zero-order valence-corrected chi connectivity index (χ0v) is 13.1. The van der Waals surface area contributed by atoms with E-state index in [2.05, 4.69) is 81.2 Å². The largest absolute Gasteiger partial charge is 0.256 e. The minimum absolute atomic E-state index is 0.176. The molecular formula is C20H21N. The summed E-state index contributed by atoms with van der Waals surface area (Å²) in [7, 11) is 0. The van der Waals surface area contributed by atoms with Gasteiger partial charge < -0.3 is 0 Å². The average molecular weight is 275 g/mol. The Hall–Kier alpha value is -2.15. The molecule has 0 aliphatic rings. The minimum Gasteiger partial charge on any atom is -0.256 e. The van der Waals surface area contributed by atoms with E-state index >= 15 is 0 Å². The standard InChI is InChI=1S/C20H21N/c1-14-13-16(20(2,3)4)9-10-17(14)19-18-8-6-5-7-15(18)11-12-21-19/h5-13H,1-4H3. The van der Waals surface area contributed by atoms with Gasteiger partial charge in [0.05, 0.1) is 5.69 Å². The quantitative estimate of drug-likeness (QED) is 0.571. The van der Waals surface area contributed by atoms with Crippen LogP contribution < -0.4 is 0 Å². The predicted molar refractivity (Wildman–Crippen MR) is 90.6 cm³/mol. The topological polar surface area (TPSA) is 12.9 Å². The van der Waals surface area contributed by atoms with E-state index in [0.29, 0.717) is 0 Å². The zero-order valence-electron chi connectivity index (χ0n) is 13.1. The third-order valence-electron chi connectivity index (χ3n) is 4.02. The number of hydrogen-bond donors (Lipinski definition) is 0. The molecule has 0 amide bonds. The van der Waals surface area contributed by atoms with Crippen molar-refractivity contribution in [2.75, 3.05) is 0 Å². The average Bonchev–Trinajstić information content (AvgIpc) is 2.46. The van der Waals surface area contributed by atoms with Gasteiger partial charge in [0.2, 0.25) is 0 Å². The molecule has 21 heavy (non-hydrogen) atoms. The third kappa shape index (κ3) is 2.56. The number of nitrogens with zero attached hydrogens (tertiary/aromatic N) is 1. The summed E-state index contributed by atoms with van der Waals surface area (Å²) in [5.74, 6) is 0. The SMILES string of the molecule is Cc1cc(C(C)(C)C)ccc1-c1nccc2ccccc12. The van der Waals surface area contributed by atoms with E-state index in [1.54, 1.807) is 0 Å². The van der Waals surface area contributed by atoms with Crippen molar-refractivity contribution in [2.45, 2.75) is 33.1 Å². The molecule has 1 aromatic heterocycles. The molecule has 0 unspecified atom stereocenters. The van der Waals surface area contributed by atoms with Crippen LogP contribution in [0.15, 0.2) is 54.7 Å². The number of fused-ring (bicyclic) bond motifs is 1. The number of aromatic nitrogens is 1. The molecule has 0 aliphatic carbocycles. The second-order valence-electron chi connectivity index (χ2n) is 6.66. The first-order valence-electron chi connectivity index (χ1n) is 7.42. The fourth-order valence-corrected chi connectivity index (χ4v) is 2.73. The second kappa shape index (κ2) is 5.00. The highest BCUT2D eigenvalue weighted by atomic mass is 14.7. The molecule has 3 rings (SSSR count). The fraction of sp³-hybridized carbons (Fsp3) is 0.250. The molecule has 0 radical (unpaired) electrons. The van der Waals surface area contributed by atoms with Gasteiger partial charge in [0.1, 0.15) is 0 Å². The molecule has 1 heteroatoms. The predicted octanol–water partition coefficient (Wildman–Crippen LogP) is 5.51. The van der Waals surface area contributed by atoms with E-state index in [1.165, 1.54) is 27.5 Å². The van der Waals surface area contributed by atoms with Crippen molar-refractivity contribution in [3.63, 3.8) is 0 Å². The molecule has 0 aliphatic heterocycles. The number of rotatable bonds is 1. The van der Waals surface area contributed by atoms with Crippen molar-refractivity contribution < 1.29 is 0 Å². The molecule has 0 fully saturated rings. The molecule has 106 valence electrons. The molecule has 0 atom stereocenters. The molecule has 0 spiro atoms. The van der Waals surface area contributed by atoms with Crippen LogP contribution in [0.2, 0.25) is 0 Å². The third-order valence-corrected chi connectivity index (χ3v) is 4.02. The number of aryl methyl sites for hydroxylation is 1. The summed E-state index contributed by atoms with van der Waals surface area (Å²) in [6, 6.07) is 17.2. The summed E-state index contributed by atoms with van der Waals surface area (Å²) in [5, 5.41) is 2.45. The van der Waals surface area contributed by atoms with E-state index < -0.39 is 0 Å². The Morgan fingerprint density at radius 1 is 0.905 bits per heavy atom. The van der Waals surface area contributed by atoms with Gasteiger partial charge in [-0.1, -0.05) is 63.2 Å². The molecule has 1 nitrogen and oxygen atoms in total. The maximum Gasteiger partial charge on any atom is 0.0782 e. The van der Waals surface area contributed by atoms with E-state index in [0.717, 1.165) is 5.69 Å². The van der Waals surface area contributed by atoms with Crippen LogP contribution in [0.1, 0.15) is 31.9 Å². The van der Waals surface area contributed by atoms with Gasteiger partial charge in [-0.05, 0) is 34.9 Å². The Morgan fingerprint density at radius 3 is 2.38 bits per heavy atom. The van der Waals surface area contributed by atoms with Crippen molar-refractivity contribution in [1.29, 1.82) is 0 Å². The Labute approximate surface area is 126 Å². The van der Waals surface area contributed by atoms with Gasteiger partial charge in [-0.25, -0.2) is 0 Å². The molecule has 0 bridgehead atoms. The van der Waals surface area contributed by atoms with Crippen molar-refractivity contribution in [1.82, 2.24) is 4.98 Å². The highest BCUT2D eigenvalue weighted by Gasteiger charge is 2.15. The summed E-state index contributed by atoms with van der Waals surface area (Å²) < 4.78 is 0. The van der Waals surface area contributed by atoms with Gasteiger partial charge in [0.25, 0.3) is 0 Å². The highest BCUT2D eigenvalue weighted by Crippen LogP contribution is 2.31. The summed E-state index contributed by atoms with van der Waals surface area (Å²) in [6.07, 6.45) is 1.90. The van der Waals surface area contributed by atoms with E-state index in [-0.39, 0.29) is 5.41 Å². The monoisotopic (exact) mass is 275 g/mol. The molecule has 2 aromatic carbocycles. The fourth-order valence-electron chi connectivity index (χ4n) is 2.73. The van der Waals surface area contributed by atoms with Gasteiger partial charge in [-0.15, -0.1) is 0 Å². The van der Waals surface area contributed by atoms with Crippen LogP contribution in [0.3, 0.4) is 0 Å². The van der Waals surface area contributed by atoms with Gasteiger partial charge >= 0.3 is 0 Å². The Balaban J connectivity index is 2.20. The van der Waals surface area contributed by atoms with Crippen molar-refractivity contribution in [3.05, 3.63) is 65.9 Å². The lowest BCUT2D eigenvalue weighted by molar-refractivity contribution is 0.590. The first kappa shape index (κ1) is 13.8. The van der Waals surface area contributed by atoms with Crippen LogP contribution in [-0.2, 0) is 5.41 Å². The smallest absolute Gasteiger partial charge is 0.0782 e. The van der Waals surface area contributed by atoms with Gasteiger partial charge in [-0.2, -0.15) is 0 Å². The van der Waals surface area contributed by atoms with Crippen molar-refractivity contribution in [2.24, 2.45) is 0 Å². The molecule has 3 aromatic rings. The van der Waals surface area contributed by atoms with E-state index in [4.69, 9.17) is 0 Å². The van der Waals surface area contributed by atoms with Crippen molar-refractivity contribution >= 4 is 10.8 Å². The number of benzene rings is 2. The normalized spacial score (nSPS) is 11.8. The van der Waals surface area contributed by atoms with Gasteiger partial charge in [-0.3, -0.25) is 4.98 Å². The zero-order chi connectivity index (χ0) is 15.0. The Bertz CT molecular complexity index is 789. The number of pyridine rings is 1. The number of hydrogen-bond acceptors (Lipinski definition) is 1. The van der Waals surface area contributed by atoms with Crippen LogP contribution in [0.4, 0.5) is 0 Å². The summed E-state index contributed by atoms with van der Waals surface area (Å²) in [6.45, 7) is 8.92. The van der Waals surface area contributed by atoms with Gasteiger partial charge in [0.15, 0.2) is 0 Å². The van der Waals surface area contributed by atoms with Crippen molar-refractivity contribution in [3.8, 4) is 11.3 Å². The Morgan fingerprint density at radius 2 is 1.67 bits per heavy atom. The molecular weight excluding hydrogens is 254 g/mol. The Kier molecular flexibility index (Phi) is 3.29. The van der Waals surface area contributed by atoms with Gasteiger partial charge in [0, 0.05) is 17.1 Å². The van der Waals surface area contributed by atoms with Crippen LogP contribution in [0, 0.1) is 6.92 Å². The first-order chi connectivity index (χ1) is 9.97. The highest BCUT2D eigenvalue weighted by molar-refractivity contribution is 5.95. The lowest BCUT2D eigenvalue weighted by Crippen LogP contribution is -2.11. The van der Waals surface area contributed by atoms with Crippen LogP contribution in [-0.4, -0.2) is 4.98 Å². The van der Waals surface area contributed by atoms with E-state index in [9.17, 15) is 0 Å². The second-order valence-corrected chi connectivity index (χ2v) is 6.66. The minimum atomic E-state index is 0.176. The summed E-state index contributed by atoms with van der Waals surface area (Å²) >= 11 is 0.